The third kappa shape index (κ3) is 3.64. The maximum absolute atomic E-state index is 12.3. The average Bonchev–Trinajstić information content (AvgIpc) is 3.14. The van der Waals surface area contributed by atoms with Crippen LogP contribution in [0.1, 0.15) is 19.3 Å². The van der Waals surface area contributed by atoms with Gasteiger partial charge in [-0.1, -0.05) is 0 Å². The Morgan fingerprint density at radius 2 is 2.04 bits per heavy atom. The fourth-order valence-corrected chi connectivity index (χ4v) is 3.94. The van der Waals surface area contributed by atoms with Crippen LogP contribution in [0.15, 0.2) is 0 Å². The molecule has 0 aromatic rings. The molecule has 3 saturated heterocycles. The number of nitrogens with one attached hydrogen (secondary N) is 2. The maximum Gasteiger partial charge on any atom is 0.418 e. The highest BCUT2D eigenvalue weighted by Crippen LogP contribution is 2.30. The van der Waals surface area contributed by atoms with E-state index in [1.54, 1.807) is 0 Å². The van der Waals surface area contributed by atoms with E-state index in [0.717, 1.165) is 0 Å². The number of nitrogens with zero attached hydrogens (tertiary/aromatic N) is 3. The molecule has 12 nitrogen and oxygen atoms in total. The number of hydrogen-bond acceptors (Lipinski definition) is 7. The van der Waals surface area contributed by atoms with Gasteiger partial charge in [-0.15, -0.1) is 4.28 Å². The molecule has 144 valence electrons. The topological polar surface area (TPSA) is 160 Å². The first-order valence-electron chi connectivity index (χ1n) is 8.05. The Kier molecular flexibility index (Phi) is 4.86. The van der Waals surface area contributed by atoms with Crippen LogP contribution >= 0.6 is 0 Å². The second kappa shape index (κ2) is 6.81. The van der Waals surface area contributed by atoms with E-state index in [1.165, 1.54) is 9.80 Å². The Labute approximate surface area is 149 Å². The van der Waals surface area contributed by atoms with Crippen molar-refractivity contribution < 1.29 is 31.6 Å². The zero-order valence-corrected chi connectivity index (χ0v) is 14.5. The predicted molar refractivity (Wildman–Crippen MR) is 85.0 cm³/mol. The molecule has 1 unspecified atom stereocenters. The van der Waals surface area contributed by atoms with Gasteiger partial charge in [-0.25, -0.2) is 4.79 Å². The third-order valence-electron chi connectivity index (χ3n) is 4.83. The van der Waals surface area contributed by atoms with Gasteiger partial charge in [0.1, 0.15) is 5.84 Å². The Bertz CT molecular complexity index is 741. The van der Waals surface area contributed by atoms with Gasteiger partial charge in [0.25, 0.3) is 0 Å². The minimum atomic E-state index is -4.83. The van der Waals surface area contributed by atoms with Crippen molar-refractivity contribution in [2.75, 3.05) is 19.6 Å². The van der Waals surface area contributed by atoms with E-state index in [2.05, 4.69) is 9.60 Å². The summed E-state index contributed by atoms with van der Waals surface area (Å²) in [6.07, 6.45) is 1.87. The van der Waals surface area contributed by atoms with Gasteiger partial charge in [0.2, 0.25) is 12.3 Å². The lowest BCUT2D eigenvalue weighted by molar-refractivity contribution is -0.123. The molecule has 26 heavy (non-hydrogen) atoms. The summed E-state index contributed by atoms with van der Waals surface area (Å²) in [5.74, 6) is -0.968. The monoisotopic (exact) mass is 389 g/mol. The third-order valence-corrected chi connectivity index (χ3v) is 5.18. The van der Waals surface area contributed by atoms with Crippen LogP contribution in [-0.4, -0.2) is 83.7 Å². The van der Waals surface area contributed by atoms with E-state index < -0.39 is 34.4 Å². The van der Waals surface area contributed by atoms with Crippen molar-refractivity contribution in [3.63, 3.8) is 0 Å². The molecule has 13 heteroatoms. The molecule has 0 aromatic heterocycles. The molecular weight excluding hydrogens is 370 g/mol. The number of amides is 4. The van der Waals surface area contributed by atoms with Crippen molar-refractivity contribution in [1.82, 2.24) is 20.2 Å². The second-order valence-electron chi connectivity index (χ2n) is 6.50. The summed E-state index contributed by atoms with van der Waals surface area (Å²) in [7, 11) is -4.83. The van der Waals surface area contributed by atoms with Crippen molar-refractivity contribution in [1.29, 1.82) is 5.41 Å². The zero-order valence-electron chi connectivity index (χ0n) is 13.7. The molecule has 3 atom stereocenters. The van der Waals surface area contributed by atoms with Crippen molar-refractivity contribution >= 4 is 34.6 Å². The number of piperidine rings is 1. The van der Waals surface area contributed by atoms with E-state index in [9.17, 15) is 22.8 Å². The van der Waals surface area contributed by atoms with Crippen LogP contribution in [0.3, 0.4) is 0 Å². The summed E-state index contributed by atoms with van der Waals surface area (Å²) in [6.45, 7) is 0.889. The number of carbonyl (C=O) groups is 3. The summed E-state index contributed by atoms with van der Waals surface area (Å²) >= 11 is 0. The summed E-state index contributed by atoms with van der Waals surface area (Å²) < 4.78 is 34.8. The molecule has 3 aliphatic rings. The highest BCUT2D eigenvalue weighted by Gasteiger charge is 2.48. The van der Waals surface area contributed by atoms with Crippen molar-refractivity contribution in [2.24, 2.45) is 5.92 Å². The van der Waals surface area contributed by atoms with Gasteiger partial charge in [0.05, 0.1) is 18.0 Å². The standard InChI is InChI=1S/C13H19N5O7S/c14-11(15-12(20)8-3-4-16(5-8)7-19)10-2-1-9-6-17(10)13(21)18(9)25-26(22,23)24/h7-10H,1-6H2,(H2,14,15,20)(H,22,23,24)/t8?,9-,10+/m1/s1. The van der Waals surface area contributed by atoms with Crippen molar-refractivity contribution in [2.45, 2.75) is 31.3 Å². The fourth-order valence-electron chi connectivity index (χ4n) is 3.55. The average molecular weight is 389 g/mol. The number of amidine groups is 1. The van der Waals surface area contributed by atoms with Crippen LogP contribution in [0.5, 0.6) is 0 Å². The van der Waals surface area contributed by atoms with Crippen LogP contribution in [0.25, 0.3) is 0 Å². The number of hydrogen-bond donors (Lipinski definition) is 3. The first-order chi connectivity index (χ1) is 12.2. The molecule has 0 aromatic carbocycles. The Morgan fingerprint density at radius 1 is 1.31 bits per heavy atom. The van der Waals surface area contributed by atoms with E-state index in [-0.39, 0.29) is 24.8 Å². The minimum absolute atomic E-state index is 0.125. The van der Waals surface area contributed by atoms with E-state index in [1.807, 2.05) is 0 Å². The quantitative estimate of drug-likeness (QED) is 0.225. The SMILES string of the molecule is N=C(NC(=O)C1CCN(C=O)C1)[C@@H]1CC[C@@H]2CN1C(=O)N2OS(=O)(=O)O. The van der Waals surface area contributed by atoms with Crippen LogP contribution in [-0.2, 0) is 24.3 Å². The molecule has 3 rings (SSSR count). The number of hydroxylamine groups is 2. The van der Waals surface area contributed by atoms with Gasteiger partial charge in [0, 0.05) is 19.6 Å². The molecule has 3 aliphatic heterocycles. The molecule has 3 heterocycles. The number of rotatable bonds is 5. The van der Waals surface area contributed by atoms with Gasteiger partial charge in [-0.2, -0.15) is 13.5 Å². The molecule has 0 saturated carbocycles. The molecule has 4 amide bonds. The lowest BCUT2D eigenvalue weighted by Gasteiger charge is -2.31. The second-order valence-corrected chi connectivity index (χ2v) is 7.50. The summed E-state index contributed by atoms with van der Waals surface area (Å²) in [6, 6.07) is -2.07. The molecule has 0 spiro atoms. The minimum Gasteiger partial charge on any atom is -0.344 e. The van der Waals surface area contributed by atoms with Crippen LogP contribution < -0.4 is 5.32 Å². The van der Waals surface area contributed by atoms with Crippen LogP contribution in [0.4, 0.5) is 4.79 Å². The Morgan fingerprint density at radius 3 is 2.65 bits per heavy atom. The molecule has 3 N–H and O–H groups in total. The number of likely N-dealkylation sites (tertiary alicyclic amines) is 1. The lowest BCUT2D eigenvalue weighted by atomic mass is 9.99. The highest BCUT2D eigenvalue weighted by atomic mass is 32.3. The molecular formula is C13H19N5O7S. The van der Waals surface area contributed by atoms with E-state index >= 15 is 0 Å². The summed E-state index contributed by atoms with van der Waals surface area (Å²) in [4.78, 5) is 38.0. The van der Waals surface area contributed by atoms with Gasteiger partial charge in [0.15, 0.2) is 0 Å². The normalized spacial score (nSPS) is 28.4. The smallest absolute Gasteiger partial charge is 0.344 e. The lowest BCUT2D eigenvalue weighted by Crippen LogP contribution is -2.51. The van der Waals surface area contributed by atoms with E-state index in [0.29, 0.717) is 37.3 Å². The van der Waals surface area contributed by atoms with Crippen LogP contribution in [0, 0.1) is 11.3 Å². The number of urea groups is 1. The molecule has 0 aliphatic carbocycles. The fraction of sp³-hybridized carbons (Fsp3) is 0.692. The summed E-state index contributed by atoms with van der Waals surface area (Å²) in [5.41, 5.74) is 0. The maximum atomic E-state index is 12.3. The Hall–Kier alpha value is -2.25. The van der Waals surface area contributed by atoms with Crippen molar-refractivity contribution in [3.8, 4) is 0 Å². The first kappa shape index (κ1) is 18.5. The van der Waals surface area contributed by atoms with Gasteiger partial charge in [-0.3, -0.25) is 19.6 Å². The first-order valence-corrected chi connectivity index (χ1v) is 9.41. The van der Waals surface area contributed by atoms with Gasteiger partial charge in [-0.05, 0) is 19.3 Å². The van der Waals surface area contributed by atoms with E-state index in [4.69, 9.17) is 9.96 Å². The molecule has 0 radical (unpaired) electrons. The van der Waals surface area contributed by atoms with Gasteiger partial charge >= 0.3 is 16.4 Å². The number of fused-ring (bicyclic) bond motifs is 2. The predicted octanol–water partition coefficient (Wildman–Crippen LogP) is -1.44. The van der Waals surface area contributed by atoms with Gasteiger partial charge < -0.3 is 15.1 Å². The summed E-state index contributed by atoms with van der Waals surface area (Å²) in [5, 5.41) is 11.2. The number of carbonyl (C=O) groups excluding carboxylic acids is 3. The largest absolute Gasteiger partial charge is 0.418 e. The molecule has 3 fully saturated rings. The Balaban J connectivity index is 1.62. The highest BCUT2D eigenvalue weighted by molar-refractivity contribution is 7.80. The van der Waals surface area contributed by atoms with Crippen molar-refractivity contribution in [3.05, 3.63) is 0 Å². The molecule has 2 bridgehead atoms. The zero-order chi connectivity index (χ0) is 19.1. The van der Waals surface area contributed by atoms with Crippen LogP contribution in [0.2, 0.25) is 0 Å².